The number of likely N-dealkylation sites (tertiary alicyclic amines) is 1. The normalized spacial score (nSPS) is 14.9. The number of rotatable bonds is 5. The van der Waals surface area contributed by atoms with Gasteiger partial charge >= 0.3 is 0 Å². The summed E-state index contributed by atoms with van der Waals surface area (Å²) in [6.45, 7) is 14.0. The van der Waals surface area contributed by atoms with E-state index in [9.17, 15) is 9.90 Å². The van der Waals surface area contributed by atoms with Crippen molar-refractivity contribution < 1.29 is 19.4 Å². The average molecular weight is 616 g/mol. The van der Waals surface area contributed by atoms with Crippen molar-refractivity contribution in [3.63, 3.8) is 0 Å². The minimum absolute atomic E-state index is 0.0863. The second-order valence-corrected chi connectivity index (χ2v) is 14.0. The highest BCUT2D eigenvalue weighted by Crippen LogP contribution is 2.43. The van der Waals surface area contributed by atoms with Crippen LogP contribution >= 0.6 is 27.3 Å². The summed E-state index contributed by atoms with van der Waals surface area (Å²) in [4.78, 5) is 20.4. The van der Waals surface area contributed by atoms with E-state index in [0.717, 1.165) is 44.7 Å². The number of amides is 1. The predicted octanol–water partition coefficient (Wildman–Crippen LogP) is 7.91. The number of nitrogens with zero attached hydrogens (tertiary/aromatic N) is 2. The first-order chi connectivity index (χ1) is 18.3. The zero-order valence-corrected chi connectivity index (χ0v) is 26.5. The summed E-state index contributed by atoms with van der Waals surface area (Å²) in [5.74, 6) is 1.58. The largest absolute Gasteiger partial charge is 0.507 e. The second-order valence-electron chi connectivity index (χ2n) is 12.2. The van der Waals surface area contributed by atoms with Crippen molar-refractivity contribution in [1.82, 2.24) is 9.88 Å². The van der Waals surface area contributed by atoms with E-state index >= 15 is 0 Å². The molecule has 0 saturated carbocycles. The summed E-state index contributed by atoms with van der Waals surface area (Å²) in [6, 6.07) is 7.78. The lowest BCUT2D eigenvalue weighted by Gasteiger charge is -2.32. The molecule has 1 saturated heterocycles. The van der Waals surface area contributed by atoms with Crippen LogP contribution < -0.4 is 9.47 Å². The van der Waals surface area contributed by atoms with Gasteiger partial charge in [0.05, 0.1) is 29.4 Å². The maximum Gasteiger partial charge on any atom is 0.261 e. The number of phenols is 1. The van der Waals surface area contributed by atoms with Gasteiger partial charge in [-0.05, 0) is 63.9 Å². The monoisotopic (exact) mass is 614 g/mol. The standard InChI is InChI=1S/C31H39BrN2O4S/c1-30(2,3)20-15-19(16-21(26(20)35)31(4,5)6)23-17-39-28(33-23)18-11-13-34(14-12-18)29(36)25-24(37-7)10-9-22(32)27(25)38-8/h9-10,15-18,35H,11-14H2,1-8H3. The molecule has 4 rings (SSSR count). The van der Waals surface area contributed by atoms with Crippen LogP contribution in [-0.2, 0) is 10.8 Å². The minimum Gasteiger partial charge on any atom is -0.507 e. The topological polar surface area (TPSA) is 71.9 Å². The molecule has 0 spiro atoms. The van der Waals surface area contributed by atoms with E-state index in [-0.39, 0.29) is 16.7 Å². The molecule has 0 aliphatic carbocycles. The number of hydrogen-bond acceptors (Lipinski definition) is 6. The van der Waals surface area contributed by atoms with E-state index in [0.29, 0.717) is 41.8 Å². The predicted molar refractivity (Wildman–Crippen MR) is 162 cm³/mol. The van der Waals surface area contributed by atoms with E-state index in [4.69, 9.17) is 14.5 Å². The van der Waals surface area contributed by atoms with Crippen LogP contribution in [0.15, 0.2) is 34.1 Å². The molecule has 0 atom stereocenters. The maximum absolute atomic E-state index is 13.5. The number of carbonyl (C=O) groups is 1. The number of carbonyl (C=O) groups excluding carboxylic acids is 1. The van der Waals surface area contributed by atoms with Gasteiger partial charge in [0.15, 0.2) is 0 Å². The summed E-state index contributed by atoms with van der Waals surface area (Å²) in [7, 11) is 3.13. The molecule has 2 heterocycles. The third-order valence-electron chi connectivity index (χ3n) is 7.38. The number of ether oxygens (including phenoxy) is 2. The first-order valence-electron chi connectivity index (χ1n) is 13.3. The summed E-state index contributed by atoms with van der Waals surface area (Å²) >= 11 is 5.17. The summed E-state index contributed by atoms with van der Waals surface area (Å²) in [6.07, 6.45) is 1.68. The highest BCUT2D eigenvalue weighted by molar-refractivity contribution is 9.10. The number of piperidine rings is 1. The molecule has 2 aromatic carbocycles. The summed E-state index contributed by atoms with van der Waals surface area (Å²) < 4.78 is 11.7. The lowest BCUT2D eigenvalue weighted by molar-refractivity contribution is 0.0706. The molecule has 1 fully saturated rings. The fraction of sp³-hybridized carbons (Fsp3) is 0.484. The van der Waals surface area contributed by atoms with E-state index < -0.39 is 0 Å². The molecule has 0 unspecified atom stereocenters. The highest BCUT2D eigenvalue weighted by atomic mass is 79.9. The van der Waals surface area contributed by atoms with Crippen LogP contribution in [0, 0.1) is 0 Å². The number of thiazole rings is 1. The van der Waals surface area contributed by atoms with Gasteiger partial charge in [-0.15, -0.1) is 11.3 Å². The third kappa shape index (κ3) is 5.97. The van der Waals surface area contributed by atoms with Crippen molar-refractivity contribution in [1.29, 1.82) is 0 Å². The van der Waals surface area contributed by atoms with Gasteiger partial charge in [-0.3, -0.25) is 4.79 Å². The Labute approximate surface area is 244 Å². The molecule has 1 aliphatic heterocycles. The second kappa shape index (κ2) is 11.1. The van der Waals surface area contributed by atoms with Gasteiger partial charge in [0, 0.05) is 41.1 Å². The van der Waals surface area contributed by atoms with Crippen molar-refractivity contribution in [2.24, 2.45) is 0 Å². The molecule has 1 aromatic heterocycles. The fourth-order valence-corrected chi connectivity index (χ4v) is 6.63. The summed E-state index contributed by atoms with van der Waals surface area (Å²) in [5, 5.41) is 14.3. The summed E-state index contributed by atoms with van der Waals surface area (Å²) in [5.41, 5.74) is 3.89. The molecule has 1 amide bonds. The van der Waals surface area contributed by atoms with Crippen molar-refractivity contribution in [2.75, 3.05) is 27.3 Å². The molecular formula is C31H39BrN2O4S. The highest BCUT2D eigenvalue weighted by Gasteiger charge is 2.31. The number of benzene rings is 2. The quantitative estimate of drug-likeness (QED) is 0.316. The molecule has 0 radical (unpaired) electrons. The average Bonchev–Trinajstić information content (AvgIpc) is 3.37. The Morgan fingerprint density at radius 1 is 1.03 bits per heavy atom. The van der Waals surface area contributed by atoms with Crippen molar-refractivity contribution in [2.45, 2.75) is 71.1 Å². The Morgan fingerprint density at radius 2 is 1.62 bits per heavy atom. The molecule has 39 heavy (non-hydrogen) atoms. The lowest BCUT2D eigenvalue weighted by Crippen LogP contribution is -2.38. The molecule has 1 N–H and O–H groups in total. The van der Waals surface area contributed by atoms with Crippen LogP contribution in [0.1, 0.15) is 86.8 Å². The van der Waals surface area contributed by atoms with Gasteiger partial charge in [-0.2, -0.15) is 0 Å². The lowest BCUT2D eigenvalue weighted by atomic mass is 9.78. The van der Waals surface area contributed by atoms with Gasteiger partial charge in [0.25, 0.3) is 5.91 Å². The molecule has 210 valence electrons. The number of aromatic hydroxyl groups is 1. The maximum atomic E-state index is 13.5. The van der Waals surface area contributed by atoms with Crippen molar-refractivity contribution in [3.05, 3.63) is 55.8 Å². The number of halogens is 1. The Kier molecular flexibility index (Phi) is 8.39. The van der Waals surface area contributed by atoms with Gasteiger partial charge in [-0.25, -0.2) is 4.98 Å². The Hall–Kier alpha value is -2.58. The molecule has 8 heteroatoms. The van der Waals surface area contributed by atoms with Crippen molar-refractivity contribution >= 4 is 33.2 Å². The smallest absolute Gasteiger partial charge is 0.261 e. The van der Waals surface area contributed by atoms with Gasteiger partial charge in [-0.1, -0.05) is 41.5 Å². The van der Waals surface area contributed by atoms with Gasteiger partial charge in [0.1, 0.15) is 22.8 Å². The Bertz CT molecular complexity index is 1330. The molecule has 0 bridgehead atoms. The molecule has 3 aromatic rings. The first-order valence-corrected chi connectivity index (χ1v) is 15.0. The first kappa shape index (κ1) is 29.4. The SMILES string of the molecule is COc1ccc(Br)c(OC)c1C(=O)N1CCC(c2nc(-c3cc(C(C)(C)C)c(O)c(C(C)(C)C)c3)cs2)CC1. The van der Waals surface area contributed by atoms with E-state index in [1.165, 1.54) is 0 Å². The molecule has 1 aliphatic rings. The molecule has 6 nitrogen and oxygen atoms in total. The number of phenolic OH excluding ortho intramolecular Hbond substituents is 1. The van der Waals surface area contributed by atoms with Crippen LogP contribution in [0.3, 0.4) is 0 Å². The van der Waals surface area contributed by atoms with Gasteiger partial charge in [0.2, 0.25) is 0 Å². The Morgan fingerprint density at radius 3 is 2.13 bits per heavy atom. The number of aromatic nitrogens is 1. The minimum atomic E-state index is -0.196. The van der Waals surface area contributed by atoms with Crippen LogP contribution in [0.25, 0.3) is 11.3 Å². The van der Waals surface area contributed by atoms with Gasteiger partial charge < -0.3 is 19.5 Å². The van der Waals surface area contributed by atoms with Crippen LogP contribution in [-0.4, -0.2) is 48.2 Å². The number of hydrogen-bond donors (Lipinski definition) is 1. The number of methoxy groups -OCH3 is 2. The Balaban J connectivity index is 1.56. The fourth-order valence-electron chi connectivity index (χ4n) is 5.13. The third-order valence-corrected chi connectivity index (χ3v) is 9.02. The van der Waals surface area contributed by atoms with E-state index in [1.807, 2.05) is 11.0 Å². The van der Waals surface area contributed by atoms with E-state index in [2.05, 4.69) is 75.0 Å². The van der Waals surface area contributed by atoms with E-state index in [1.54, 1.807) is 31.6 Å². The van der Waals surface area contributed by atoms with Crippen LogP contribution in [0.2, 0.25) is 0 Å². The zero-order valence-electron chi connectivity index (χ0n) is 24.1. The van der Waals surface area contributed by atoms with Crippen molar-refractivity contribution in [3.8, 4) is 28.5 Å². The molecular weight excluding hydrogens is 576 g/mol. The van der Waals surface area contributed by atoms with Crippen LogP contribution in [0.5, 0.6) is 17.2 Å². The van der Waals surface area contributed by atoms with Crippen LogP contribution in [0.4, 0.5) is 0 Å². The zero-order chi connectivity index (χ0) is 28.7.